The number of hydrogen-bond acceptors (Lipinski definition) is 3. The first-order valence-corrected chi connectivity index (χ1v) is 6.75. The summed E-state index contributed by atoms with van der Waals surface area (Å²) in [5.74, 6) is 6.28. The van der Waals surface area contributed by atoms with Crippen LogP contribution < -0.4 is 11.4 Å². The number of aromatic nitrogens is 1. The molecule has 0 bridgehead atoms. The molecule has 2 N–H and O–H groups in total. The Morgan fingerprint density at radius 1 is 1.21 bits per heavy atom. The lowest BCUT2D eigenvalue weighted by atomic mass is 9.90. The predicted molar refractivity (Wildman–Crippen MR) is 77.8 cm³/mol. The van der Waals surface area contributed by atoms with Gasteiger partial charge < -0.3 is 10.7 Å². The number of fused-ring (bicyclic) bond motifs is 1. The normalized spacial score (nSPS) is 17.9. The number of nitrogens with two attached hydrogens (primary N) is 1. The first-order valence-electron chi connectivity index (χ1n) is 6.75. The van der Waals surface area contributed by atoms with E-state index in [2.05, 4.69) is 11.9 Å². The van der Waals surface area contributed by atoms with Crippen LogP contribution in [0.1, 0.15) is 24.3 Å². The van der Waals surface area contributed by atoms with Crippen molar-refractivity contribution in [1.29, 1.82) is 0 Å². The minimum Gasteiger partial charge on any atom is -0.336 e. The average Bonchev–Trinajstić information content (AvgIpc) is 2.44. The van der Waals surface area contributed by atoms with Crippen molar-refractivity contribution in [3.63, 3.8) is 0 Å². The second-order valence-corrected chi connectivity index (χ2v) is 5.41. The first-order chi connectivity index (χ1) is 9.16. The van der Waals surface area contributed by atoms with Gasteiger partial charge in [0.15, 0.2) is 0 Å². The lowest BCUT2D eigenvalue weighted by molar-refractivity contribution is 0.254. The third kappa shape index (κ3) is 2.12. The lowest BCUT2D eigenvalue weighted by Crippen LogP contribution is -2.35. The molecule has 0 amide bonds. The molecule has 3 rings (SSSR count). The van der Waals surface area contributed by atoms with Gasteiger partial charge in [-0.05, 0) is 51.0 Å². The van der Waals surface area contributed by atoms with E-state index in [9.17, 15) is 4.79 Å². The van der Waals surface area contributed by atoms with Crippen LogP contribution in [-0.2, 0) is 0 Å². The maximum absolute atomic E-state index is 12.4. The lowest BCUT2D eigenvalue weighted by Gasteiger charge is -2.29. The smallest absolute Gasteiger partial charge is 0.272 e. The molecule has 4 heteroatoms. The first kappa shape index (κ1) is 12.2. The zero-order valence-electron chi connectivity index (χ0n) is 11.2. The number of nitrogen functional groups attached to an aromatic ring is 1. The van der Waals surface area contributed by atoms with Gasteiger partial charge in [-0.1, -0.05) is 18.2 Å². The summed E-state index contributed by atoms with van der Waals surface area (Å²) >= 11 is 0. The molecule has 4 nitrogen and oxygen atoms in total. The van der Waals surface area contributed by atoms with Gasteiger partial charge in [0.1, 0.15) is 0 Å². The van der Waals surface area contributed by atoms with E-state index in [4.69, 9.17) is 5.84 Å². The van der Waals surface area contributed by atoms with Gasteiger partial charge in [0.2, 0.25) is 0 Å². The van der Waals surface area contributed by atoms with E-state index in [0.29, 0.717) is 5.92 Å². The Morgan fingerprint density at radius 2 is 1.89 bits per heavy atom. The van der Waals surface area contributed by atoms with Crippen molar-refractivity contribution in [3.8, 4) is 0 Å². The number of para-hydroxylation sites is 1. The quantitative estimate of drug-likeness (QED) is 0.788. The third-order valence-electron chi connectivity index (χ3n) is 4.13. The zero-order chi connectivity index (χ0) is 13.4. The molecule has 0 radical (unpaired) electrons. The maximum atomic E-state index is 12.4. The Labute approximate surface area is 112 Å². The fraction of sp³-hybridized carbons (Fsp3) is 0.400. The Hall–Kier alpha value is -1.81. The molecule has 0 atom stereocenters. The highest BCUT2D eigenvalue weighted by molar-refractivity contribution is 5.79. The molecule has 0 saturated carbocycles. The van der Waals surface area contributed by atoms with Gasteiger partial charge in [0, 0.05) is 10.9 Å². The fourth-order valence-corrected chi connectivity index (χ4v) is 2.92. The predicted octanol–water partition coefficient (Wildman–Crippen LogP) is 1.52. The second kappa shape index (κ2) is 4.70. The van der Waals surface area contributed by atoms with Crippen molar-refractivity contribution in [1.82, 2.24) is 9.58 Å². The van der Waals surface area contributed by atoms with Gasteiger partial charge >= 0.3 is 0 Å². The zero-order valence-corrected chi connectivity index (χ0v) is 11.2. The van der Waals surface area contributed by atoms with Crippen LogP contribution in [0.4, 0.5) is 0 Å². The van der Waals surface area contributed by atoms with Gasteiger partial charge in [-0.15, -0.1) is 0 Å². The van der Waals surface area contributed by atoms with Gasteiger partial charge in [0.05, 0.1) is 5.52 Å². The molecular formula is C15H19N3O. The number of pyridine rings is 1. The van der Waals surface area contributed by atoms with Crippen LogP contribution in [0.3, 0.4) is 0 Å². The molecule has 19 heavy (non-hydrogen) atoms. The molecule has 2 aromatic rings. The van der Waals surface area contributed by atoms with Crippen LogP contribution in [-0.4, -0.2) is 29.7 Å². The summed E-state index contributed by atoms with van der Waals surface area (Å²) in [6.45, 7) is 2.09. The number of rotatable bonds is 1. The average molecular weight is 257 g/mol. The van der Waals surface area contributed by atoms with Crippen LogP contribution in [0, 0.1) is 0 Å². The standard InChI is InChI=1S/C15H19N3O/c1-17-8-6-11(7-9-17)13-10-12-4-2-3-5-14(12)18(16)15(13)19/h2-5,10-11H,6-9,16H2,1H3. The summed E-state index contributed by atoms with van der Waals surface area (Å²) in [5.41, 5.74) is 1.62. The highest BCUT2D eigenvalue weighted by Crippen LogP contribution is 2.26. The molecule has 2 heterocycles. The molecule has 1 saturated heterocycles. The van der Waals surface area contributed by atoms with Crippen LogP contribution in [0.2, 0.25) is 0 Å². The van der Waals surface area contributed by atoms with Crippen molar-refractivity contribution in [2.24, 2.45) is 0 Å². The number of piperidine rings is 1. The van der Waals surface area contributed by atoms with E-state index in [0.717, 1.165) is 42.4 Å². The minimum absolute atomic E-state index is 0.0479. The van der Waals surface area contributed by atoms with E-state index in [1.54, 1.807) is 0 Å². The summed E-state index contributed by atoms with van der Waals surface area (Å²) in [5, 5.41) is 1.04. The molecule has 0 unspecified atom stereocenters. The molecule has 1 aromatic heterocycles. The number of nitrogens with zero attached hydrogens (tertiary/aromatic N) is 2. The van der Waals surface area contributed by atoms with Gasteiger partial charge in [0.25, 0.3) is 5.56 Å². The van der Waals surface area contributed by atoms with Gasteiger partial charge in [-0.3, -0.25) is 4.79 Å². The fourth-order valence-electron chi connectivity index (χ4n) is 2.92. The van der Waals surface area contributed by atoms with Crippen molar-refractivity contribution < 1.29 is 0 Å². The number of benzene rings is 1. The maximum Gasteiger partial charge on any atom is 0.272 e. The molecule has 0 aliphatic carbocycles. The van der Waals surface area contributed by atoms with E-state index >= 15 is 0 Å². The second-order valence-electron chi connectivity index (χ2n) is 5.41. The van der Waals surface area contributed by atoms with E-state index < -0.39 is 0 Å². The van der Waals surface area contributed by atoms with Crippen molar-refractivity contribution in [3.05, 3.63) is 46.2 Å². The van der Waals surface area contributed by atoms with Crippen LogP contribution in [0.25, 0.3) is 10.9 Å². The van der Waals surface area contributed by atoms with Crippen molar-refractivity contribution >= 4 is 10.9 Å². The number of hydrogen-bond donors (Lipinski definition) is 1. The summed E-state index contributed by atoms with van der Waals surface area (Å²) in [4.78, 5) is 14.7. The summed E-state index contributed by atoms with van der Waals surface area (Å²) in [7, 11) is 2.12. The highest BCUT2D eigenvalue weighted by atomic mass is 16.1. The van der Waals surface area contributed by atoms with Crippen molar-refractivity contribution in [2.45, 2.75) is 18.8 Å². The summed E-state index contributed by atoms with van der Waals surface area (Å²) in [6, 6.07) is 9.80. The minimum atomic E-state index is -0.0479. The SMILES string of the molecule is CN1CCC(c2cc3ccccc3n(N)c2=O)CC1. The molecule has 1 fully saturated rings. The summed E-state index contributed by atoms with van der Waals surface area (Å²) in [6.07, 6.45) is 2.06. The molecule has 1 aliphatic rings. The van der Waals surface area contributed by atoms with Crippen LogP contribution >= 0.6 is 0 Å². The van der Waals surface area contributed by atoms with Crippen molar-refractivity contribution in [2.75, 3.05) is 26.0 Å². The van der Waals surface area contributed by atoms with E-state index in [-0.39, 0.29) is 5.56 Å². The number of likely N-dealkylation sites (tertiary alicyclic amines) is 1. The van der Waals surface area contributed by atoms with Crippen LogP contribution in [0.5, 0.6) is 0 Å². The monoisotopic (exact) mass is 257 g/mol. The van der Waals surface area contributed by atoms with Gasteiger partial charge in [-0.2, -0.15) is 0 Å². The third-order valence-corrected chi connectivity index (χ3v) is 4.13. The van der Waals surface area contributed by atoms with Gasteiger partial charge in [-0.25, -0.2) is 4.68 Å². The molecule has 1 aromatic carbocycles. The van der Waals surface area contributed by atoms with Crippen LogP contribution in [0.15, 0.2) is 35.1 Å². The topological polar surface area (TPSA) is 51.3 Å². The highest BCUT2D eigenvalue weighted by Gasteiger charge is 2.22. The molecular weight excluding hydrogens is 238 g/mol. The summed E-state index contributed by atoms with van der Waals surface area (Å²) < 4.78 is 1.29. The Morgan fingerprint density at radius 3 is 2.63 bits per heavy atom. The Balaban J connectivity index is 2.09. The largest absolute Gasteiger partial charge is 0.336 e. The van der Waals surface area contributed by atoms with E-state index in [1.165, 1.54) is 4.68 Å². The molecule has 1 aliphatic heterocycles. The molecule has 0 spiro atoms. The Kier molecular flexibility index (Phi) is 3.03. The molecule has 100 valence electrons. The van der Waals surface area contributed by atoms with E-state index in [1.807, 2.05) is 30.3 Å². The Bertz CT molecular complexity index is 654.